The minimum atomic E-state index is -2.98. The molecule has 0 aliphatic carbocycles. The van der Waals surface area contributed by atoms with Crippen molar-refractivity contribution >= 4 is 39.8 Å². The van der Waals surface area contributed by atoms with Crippen molar-refractivity contribution in [2.24, 2.45) is 4.99 Å². The lowest BCUT2D eigenvalue weighted by molar-refractivity contribution is -0.0502. The number of nitrogens with one attached hydrogen (secondary N) is 1. The number of morpholine rings is 1. The zero-order chi connectivity index (χ0) is 19.3. The van der Waals surface area contributed by atoms with Crippen molar-refractivity contribution in [1.82, 2.24) is 15.1 Å². The lowest BCUT2D eigenvalue weighted by Crippen LogP contribution is -2.50. The molecule has 2 aliphatic rings. The summed E-state index contributed by atoms with van der Waals surface area (Å²) in [4.78, 5) is 9.01. The molecule has 2 unspecified atom stereocenters. The highest BCUT2D eigenvalue weighted by Crippen LogP contribution is 2.24. The molecule has 9 heteroatoms. The number of rotatable bonds is 6. The van der Waals surface area contributed by atoms with Crippen LogP contribution in [0.4, 0.5) is 0 Å². The number of sulfone groups is 1. The average Bonchev–Trinajstić information content (AvgIpc) is 3.11. The molecular formula is C19H31IN4O3S. The summed E-state index contributed by atoms with van der Waals surface area (Å²) >= 11 is 0. The number of nitrogens with zero attached hydrogens (tertiary/aromatic N) is 3. The fourth-order valence-corrected chi connectivity index (χ4v) is 4.44. The molecule has 0 amide bonds. The Balaban J connectivity index is 0.00000280. The number of guanidine groups is 1. The van der Waals surface area contributed by atoms with Gasteiger partial charge in [0.1, 0.15) is 0 Å². The number of hydrogen-bond donors (Lipinski definition) is 1. The molecule has 2 heterocycles. The van der Waals surface area contributed by atoms with Gasteiger partial charge in [0.25, 0.3) is 0 Å². The van der Waals surface area contributed by atoms with Gasteiger partial charge >= 0.3 is 0 Å². The van der Waals surface area contributed by atoms with Crippen LogP contribution in [-0.4, -0.2) is 87.7 Å². The van der Waals surface area contributed by atoms with E-state index in [1.807, 2.05) is 6.07 Å². The second-order valence-corrected chi connectivity index (χ2v) is 9.52. The van der Waals surface area contributed by atoms with Crippen molar-refractivity contribution in [2.45, 2.75) is 25.6 Å². The van der Waals surface area contributed by atoms with Crippen LogP contribution in [0.25, 0.3) is 0 Å². The quantitative estimate of drug-likeness (QED) is 0.344. The van der Waals surface area contributed by atoms with Gasteiger partial charge in [0.05, 0.1) is 24.5 Å². The topological polar surface area (TPSA) is 74.2 Å². The maximum atomic E-state index is 11.7. The molecule has 0 saturated carbocycles. The first-order valence-corrected chi connectivity index (χ1v) is 11.4. The number of fused-ring (bicyclic) bond motifs is 1. The molecule has 0 radical (unpaired) electrons. The van der Waals surface area contributed by atoms with Crippen molar-refractivity contribution in [3.8, 4) is 0 Å². The van der Waals surface area contributed by atoms with E-state index in [0.29, 0.717) is 12.6 Å². The van der Waals surface area contributed by atoms with E-state index in [2.05, 4.69) is 44.4 Å². The van der Waals surface area contributed by atoms with Gasteiger partial charge in [-0.3, -0.25) is 9.89 Å². The second-order valence-electron chi connectivity index (χ2n) is 7.05. The summed E-state index contributed by atoms with van der Waals surface area (Å²) in [6.07, 6.45) is 0.153. The Morgan fingerprint density at radius 2 is 2.04 bits per heavy atom. The largest absolute Gasteiger partial charge is 0.373 e. The minimum Gasteiger partial charge on any atom is -0.373 e. The lowest BCUT2D eigenvalue weighted by Gasteiger charge is -2.36. The maximum absolute atomic E-state index is 11.7. The fourth-order valence-electron chi connectivity index (χ4n) is 3.74. The highest BCUT2D eigenvalue weighted by Gasteiger charge is 2.41. The smallest absolute Gasteiger partial charge is 0.193 e. The summed E-state index contributed by atoms with van der Waals surface area (Å²) in [6, 6.07) is 10.8. The van der Waals surface area contributed by atoms with Gasteiger partial charge in [-0.2, -0.15) is 0 Å². The number of benzene rings is 1. The Morgan fingerprint density at radius 1 is 1.29 bits per heavy atom. The van der Waals surface area contributed by atoms with E-state index in [4.69, 9.17) is 4.74 Å². The lowest BCUT2D eigenvalue weighted by atomic mass is 10.1. The van der Waals surface area contributed by atoms with Crippen molar-refractivity contribution < 1.29 is 13.2 Å². The second kappa shape index (κ2) is 10.7. The van der Waals surface area contributed by atoms with Crippen LogP contribution in [0.5, 0.6) is 0 Å². The van der Waals surface area contributed by atoms with Crippen LogP contribution >= 0.6 is 24.0 Å². The monoisotopic (exact) mass is 522 g/mol. The third-order valence-electron chi connectivity index (χ3n) is 5.29. The van der Waals surface area contributed by atoms with Crippen LogP contribution in [0.3, 0.4) is 0 Å². The average molecular weight is 522 g/mol. The summed E-state index contributed by atoms with van der Waals surface area (Å²) in [7, 11) is -1.24. The van der Waals surface area contributed by atoms with E-state index in [9.17, 15) is 8.42 Å². The summed E-state index contributed by atoms with van der Waals surface area (Å²) in [5, 5.41) is 3.20. The third kappa shape index (κ3) is 6.04. The molecule has 7 nitrogen and oxygen atoms in total. The van der Waals surface area contributed by atoms with Gasteiger partial charge in [-0.1, -0.05) is 37.3 Å². The highest BCUT2D eigenvalue weighted by molar-refractivity contribution is 14.0. The molecule has 1 aromatic rings. The Morgan fingerprint density at radius 3 is 2.71 bits per heavy atom. The van der Waals surface area contributed by atoms with E-state index in [0.717, 1.165) is 38.7 Å². The van der Waals surface area contributed by atoms with Gasteiger partial charge in [-0.25, -0.2) is 8.42 Å². The first-order valence-electron chi connectivity index (χ1n) is 9.58. The first-order chi connectivity index (χ1) is 13.0. The summed E-state index contributed by atoms with van der Waals surface area (Å²) in [5.41, 5.74) is 1.31. The summed E-state index contributed by atoms with van der Waals surface area (Å²) in [6.45, 7) is 6.23. The predicted molar refractivity (Wildman–Crippen MR) is 123 cm³/mol. The zero-order valence-electron chi connectivity index (χ0n) is 16.6. The standard InChI is InChI=1S/C19H30N4O3S.HI/c1-3-27(24,25)12-9-21-19(20-2)23-14-17-18(15-23)26-11-10-22(17)13-16-7-5-4-6-8-16;/h4-8,17-18H,3,9-15H2,1-2H3,(H,20,21);1H. The molecule has 158 valence electrons. The van der Waals surface area contributed by atoms with Crippen LogP contribution in [0, 0.1) is 0 Å². The number of ether oxygens (including phenoxy) is 1. The van der Waals surface area contributed by atoms with Crippen LogP contribution in [0.1, 0.15) is 12.5 Å². The van der Waals surface area contributed by atoms with E-state index in [-0.39, 0.29) is 41.6 Å². The van der Waals surface area contributed by atoms with E-state index in [1.54, 1.807) is 14.0 Å². The number of halogens is 1. The normalized spacial score (nSPS) is 23.2. The van der Waals surface area contributed by atoms with Gasteiger partial charge in [0, 0.05) is 45.5 Å². The highest BCUT2D eigenvalue weighted by atomic mass is 127. The Kier molecular flexibility index (Phi) is 8.97. The molecule has 2 aliphatic heterocycles. The van der Waals surface area contributed by atoms with Gasteiger partial charge in [-0.05, 0) is 5.56 Å². The molecule has 2 saturated heterocycles. The van der Waals surface area contributed by atoms with Crippen LogP contribution < -0.4 is 5.32 Å². The Bertz CT molecular complexity index is 745. The van der Waals surface area contributed by atoms with Gasteiger partial charge in [0.2, 0.25) is 0 Å². The third-order valence-corrected chi connectivity index (χ3v) is 7.00. The molecule has 1 N–H and O–H groups in total. The molecular weight excluding hydrogens is 491 g/mol. The minimum absolute atomic E-state index is 0. The Labute approximate surface area is 185 Å². The van der Waals surface area contributed by atoms with Crippen molar-refractivity contribution in [3.63, 3.8) is 0 Å². The van der Waals surface area contributed by atoms with Crippen LogP contribution in [0.2, 0.25) is 0 Å². The number of hydrogen-bond acceptors (Lipinski definition) is 5. The SMILES string of the molecule is CCS(=O)(=O)CCNC(=NC)N1CC2OCCN(Cc3ccccc3)C2C1.I. The van der Waals surface area contributed by atoms with Crippen molar-refractivity contribution in [1.29, 1.82) is 0 Å². The van der Waals surface area contributed by atoms with Crippen molar-refractivity contribution in [3.05, 3.63) is 35.9 Å². The van der Waals surface area contributed by atoms with E-state index in [1.165, 1.54) is 5.56 Å². The first kappa shape index (κ1) is 23.4. The summed E-state index contributed by atoms with van der Waals surface area (Å²) in [5.74, 6) is 1.04. The van der Waals surface area contributed by atoms with Gasteiger partial charge in [0.15, 0.2) is 15.8 Å². The van der Waals surface area contributed by atoms with Gasteiger partial charge in [-0.15, -0.1) is 24.0 Å². The molecule has 2 fully saturated rings. The van der Waals surface area contributed by atoms with Crippen LogP contribution in [-0.2, 0) is 21.1 Å². The number of aliphatic imine (C=N–C) groups is 1. The maximum Gasteiger partial charge on any atom is 0.193 e. The van der Waals surface area contributed by atoms with E-state index >= 15 is 0 Å². The molecule has 28 heavy (non-hydrogen) atoms. The van der Waals surface area contributed by atoms with Crippen molar-refractivity contribution in [2.75, 3.05) is 51.3 Å². The molecule has 0 bridgehead atoms. The molecule has 2 atom stereocenters. The predicted octanol–water partition coefficient (Wildman–Crippen LogP) is 1.20. The van der Waals surface area contributed by atoms with Gasteiger partial charge < -0.3 is 15.0 Å². The molecule has 0 aromatic heterocycles. The fraction of sp³-hybridized carbons (Fsp3) is 0.632. The Hall–Kier alpha value is -0.910. The number of likely N-dealkylation sites (tertiary alicyclic amines) is 1. The molecule has 3 rings (SSSR count). The zero-order valence-corrected chi connectivity index (χ0v) is 19.7. The van der Waals surface area contributed by atoms with E-state index < -0.39 is 9.84 Å². The summed E-state index contributed by atoms with van der Waals surface area (Å²) < 4.78 is 29.4. The van der Waals surface area contributed by atoms with Crippen LogP contribution in [0.15, 0.2) is 35.3 Å². The molecule has 1 aromatic carbocycles. The molecule has 0 spiro atoms.